The summed E-state index contributed by atoms with van der Waals surface area (Å²) >= 11 is 5.81. The molecule has 0 radical (unpaired) electrons. The second-order valence-electron chi connectivity index (χ2n) is 2.33. The first kappa shape index (κ1) is 8.27. The average Bonchev–Trinajstić information content (AvgIpc) is 2.33. The van der Waals surface area contributed by atoms with Crippen molar-refractivity contribution < 1.29 is 9.90 Å². The monoisotopic (exact) mass is 178 g/mol. The van der Waals surface area contributed by atoms with E-state index in [4.69, 9.17) is 5.11 Å². The standard InChI is InChI=1S/C6H10O2S2/c7-6(8)4-1-2-10-5(4)3-9/h4-5,9H,1-3H2,(H,7,8)/t4-,5+/m1/s1. The Morgan fingerprint density at radius 1 is 1.80 bits per heavy atom. The van der Waals surface area contributed by atoms with Gasteiger partial charge in [-0.1, -0.05) is 0 Å². The summed E-state index contributed by atoms with van der Waals surface area (Å²) < 4.78 is 0. The van der Waals surface area contributed by atoms with E-state index in [2.05, 4.69) is 12.6 Å². The normalized spacial score (nSPS) is 32.5. The van der Waals surface area contributed by atoms with Gasteiger partial charge in [0.15, 0.2) is 0 Å². The lowest BCUT2D eigenvalue weighted by Gasteiger charge is -2.10. The first-order chi connectivity index (χ1) is 4.75. The van der Waals surface area contributed by atoms with Crippen LogP contribution in [0, 0.1) is 5.92 Å². The van der Waals surface area contributed by atoms with Crippen LogP contribution in [-0.4, -0.2) is 27.8 Å². The fraction of sp³-hybridized carbons (Fsp3) is 0.833. The van der Waals surface area contributed by atoms with Gasteiger partial charge in [-0.25, -0.2) is 0 Å². The number of rotatable bonds is 2. The summed E-state index contributed by atoms with van der Waals surface area (Å²) in [4.78, 5) is 10.5. The van der Waals surface area contributed by atoms with E-state index in [0.717, 1.165) is 12.2 Å². The smallest absolute Gasteiger partial charge is 0.307 e. The Hall–Kier alpha value is 0.170. The van der Waals surface area contributed by atoms with Gasteiger partial charge in [0, 0.05) is 11.0 Å². The molecular weight excluding hydrogens is 168 g/mol. The highest BCUT2D eigenvalue weighted by Crippen LogP contribution is 2.32. The maximum Gasteiger partial charge on any atom is 0.307 e. The maximum absolute atomic E-state index is 10.5. The Morgan fingerprint density at radius 2 is 2.50 bits per heavy atom. The van der Waals surface area contributed by atoms with Gasteiger partial charge in [0.05, 0.1) is 5.92 Å². The minimum atomic E-state index is -0.663. The largest absolute Gasteiger partial charge is 0.481 e. The van der Waals surface area contributed by atoms with Crippen molar-refractivity contribution in [1.29, 1.82) is 0 Å². The average molecular weight is 178 g/mol. The number of hydrogen-bond acceptors (Lipinski definition) is 3. The van der Waals surface area contributed by atoms with Crippen molar-refractivity contribution in [2.24, 2.45) is 5.92 Å². The van der Waals surface area contributed by atoms with Crippen LogP contribution in [0.3, 0.4) is 0 Å². The molecule has 0 amide bonds. The maximum atomic E-state index is 10.5. The van der Waals surface area contributed by atoms with Crippen molar-refractivity contribution in [3.8, 4) is 0 Å². The first-order valence-electron chi connectivity index (χ1n) is 3.21. The van der Waals surface area contributed by atoms with Crippen LogP contribution in [0.1, 0.15) is 6.42 Å². The molecule has 0 saturated carbocycles. The molecule has 0 aromatic carbocycles. The molecule has 1 saturated heterocycles. The summed E-state index contributed by atoms with van der Waals surface area (Å²) in [6, 6.07) is 0. The van der Waals surface area contributed by atoms with E-state index in [-0.39, 0.29) is 11.2 Å². The predicted octanol–water partition coefficient (Wildman–Crippen LogP) is 1.12. The summed E-state index contributed by atoms with van der Waals surface area (Å²) in [6.07, 6.45) is 0.811. The molecular formula is C6H10O2S2. The van der Waals surface area contributed by atoms with Gasteiger partial charge in [-0.2, -0.15) is 24.4 Å². The number of carboxylic acid groups (broad SMARTS) is 1. The topological polar surface area (TPSA) is 37.3 Å². The lowest BCUT2D eigenvalue weighted by molar-refractivity contribution is -0.141. The molecule has 0 aromatic rings. The van der Waals surface area contributed by atoms with Gasteiger partial charge >= 0.3 is 5.97 Å². The van der Waals surface area contributed by atoms with Crippen LogP contribution in [0.4, 0.5) is 0 Å². The van der Waals surface area contributed by atoms with E-state index in [9.17, 15) is 4.79 Å². The van der Waals surface area contributed by atoms with Crippen LogP contribution >= 0.6 is 24.4 Å². The van der Waals surface area contributed by atoms with Crippen LogP contribution in [0.15, 0.2) is 0 Å². The van der Waals surface area contributed by atoms with Gasteiger partial charge in [0.25, 0.3) is 0 Å². The van der Waals surface area contributed by atoms with Crippen molar-refractivity contribution in [3.63, 3.8) is 0 Å². The molecule has 0 unspecified atom stereocenters. The molecule has 4 heteroatoms. The third-order valence-corrected chi connectivity index (χ3v) is 3.74. The molecule has 0 aromatic heterocycles. The molecule has 1 fully saturated rings. The van der Waals surface area contributed by atoms with Gasteiger partial charge in [-0.05, 0) is 12.2 Å². The van der Waals surface area contributed by atoms with Crippen molar-refractivity contribution in [1.82, 2.24) is 0 Å². The Morgan fingerprint density at radius 3 is 2.90 bits per heavy atom. The molecule has 2 nitrogen and oxygen atoms in total. The molecule has 1 heterocycles. The van der Waals surface area contributed by atoms with Gasteiger partial charge in [0.2, 0.25) is 0 Å². The van der Waals surface area contributed by atoms with Crippen molar-refractivity contribution >= 4 is 30.4 Å². The Labute approximate surface area is 69.8 Å². The van der Waals surface area contributed by atoms with Crippen LogP contribution in [0.25, 0.3) is 0 Å². The number of hydrogen-bond donors (Lipinski definition) is 2. The number of carboxylic acids is 1. The molecule has 0 aliphatic carbocycles. The minimum absolute atomic E-state index is 0.150. The molecule has 0 spiro atoms. The molecule has 1 N–H and O–H groups in total. The van der Waals surface area contributed by atoms with Crippen LogP contribution in [-0.2, 0) is 4.79 Å². The van der Waals surface area contributed by atoms with Gasteiger partial charge in [-0.15, -0.1) is 0 Å². The zero-order valence-electron chi connectivity index (χ0n) is 5.49. The van der Waals surface area contributed by atoms with E-state index >= 15 is 0 Å². The Bertz CT molecular complexity index is 138. The van der Waals surface area contributed by atoms with Crippen LogP contribution < -0.4 is 0 Å². The number of thioether (sulfide) groups is 1. The lowest BCUT2D eigenvalue weighted by Crippen LogP contribution is -2.22. The third-order valence-electron chi connectivity index (χ3n) is 1.71. The number of aliphatic carboxylic acids is 1. The van der Waals surface area contributed by atoms with Crippen molar-refractivity contribution in [3.05, 3.63) is 0 Å². The molecule has 2 atom stereocenters. The van der Waals surface area contributed by atoms with Gasteiger partial charge in [0.1, 0.15) is 0 Å². The van der Waals surface area contributed by atoms with E-state index in [1.165, 1.54) is 0 Å². The van der Waals surface area contributed by atoms with E-state index < -0.39 is 5.97 Å². The lowest BCUT2D eigenvalue weighted by atomic mass is 10.0. The van der Waals surface area contributed by atoms with Crippen molar-refractivity contribution in [2.75, 3.05) is 11.5 Å². The molecule has 1 aliphatic rings. The fourth-order valence-electron chi connectivity index (χ4n) is 1.11. The summed E-state index contributed by atoms with van der Waals surface area (Å²) in [5.74, 6) is 0.843. The summed E-state index contributed by atoms with van der Waals surface area (Å²) in [5, 5.41) is 8.90. The fourth-order valence-corrected chi connectivity index (χ4v) is 2.96. The molecule has 1 rings (SSSR count). The SMILES string of the molecule is O=C(O)[C@@H]1CCS[C@H]1CS. The second kappa shape index (κ2) is 3.53. The van der Waals surface area contributed by atoms with Gasteiger partial charge < -0.3 is 5.11 Å². The second-order valence-corrected chi connectivity index (χ2v) is 4.04. The van der Waals surface area contributed by atoms with Crippen molar-refractivity contribution in [2.45, 2.75) is 11.7 Å². The number of thiol groups is 1. The predicted molar refractivity (Wildman–Crippen MR) is 45.8 cm³/mol. The highest BCUT2D eigenvalue weighted by atomic mass is 32.2. The minimum Gasteiger partial charge on any atom is -0.481 e. The summed E-state index contributed by atoms with van der Waals surface area (Å²) in [7, 11) is 0. The molecule has 1 aliphatic heterocycles. The van der Waals surface area contributed by atoms with Gasteiger partial charge in [-0.3, -0.25) is 4.79 Å². The molecule has 0 bridgehead atoms. The van der Waals surface area contributed by atoms with Crippen LogP contribution in [0.5, 0.6) is 0 Å². The van der Waals surface area contributed by atoms with Crippen LogP contribution in [0.2, 0.25) is 0 Å². The summed E-state index contributed by atoms with van der Waals surface area (Å²) in [6.45, 7) is 0. The number of carbonyl (C=O) groups is 1. The van der Waals surface area contributed by atoms with E-state index in [0.29, 0.717) is 5.75 Å². The highest BCUT2D eigenvalue weighted by Gasteiger charge is 2.32. The molecule has 58 valence electrons. The Kier molecular flexibility index (Phi) is 2.92. The Balaban J connectivity index is 2.50. The third kappa shape index (κ3) is 1.61. The zero-order chi connectivity index (χ0) is 7.56. The summed E-state index contributed by atoms with van der Waals surface area (Å²) in [5.41, 5.74) is 0. The quantitative estimate of drug-likeness (QED) is 0.622. The van der Waals surface area contributed by atoms with E-state index in [1.54, 1.807) is 11.8 Å². The first-order valence-corrected chi connectivity index (χ1v) is 4.89. The highest BCUT2D eigenvalue weighted by molar-refractivity contribution is 8.00. The zero-order valence-corrected chi connectivity index (χ0v) is 7.20. The molecule has 10 heavy (non-hydrogen) atoms. The van der Waals surface area contributed by atoms with E-state index in [1.807, 2.05) is 0 Å².